The maximum absolute atomic E-state index is 5.43. The maximum Gasteiger partial charge on any atom is 0.230 e. The lowest BCUT2D eigenvalue weighted by molar-refractivity contribution is 0.395. The Balaban J connectivity index is 1.79. The summed E-state index contributed by atoms with van der Waals surface area (Å²) in [6.07, 6.45) is 4.66. The molecular formula is C12H19N5O. The maximum atomic E-state index is 5.43. The van der Waals surface area contributed by atoms with Crippen LogP contribution in [0.3, 0.4) is 0 Å². The van der Waals surface area contributed by atoms with E-state index in [4.69, 9.17) is 4.42 Å². The van der Waals surface area contributed by atoms with Gasteiger partial charge in [-0.1, -0.05) is 6.92 Å². The van der Waals surface area contributed by atoms with Gasteiger partial charge in [-0.3, -0.25) is 4.68 Å². The molecule has 0 saturated heterocycles. The molecule has 0 aliphatic carbocycles. The van der Waals surface area contributed by atoms with E-state index in [1.807, 2.05) is 30.9 Å². The predicted octanol–water partition coefficient (Wildman–Crippen LogP) is 1.32. The van der Waals surface area contributed by atoms with Crippen LogP contribution in [0.5, 0.6) is 0 Å². The first-order chi connectivity index (χ1) is 8.67. The number of aryl methyl sites for hydroxylation is 2. The van der Waals surface area contributed by atoms with Crippen molar-refractivity contribution < 1.29 is 4.42 Å². The first-order valence-corrected chi connectivity index (χ1v) is 6.21. The molecule has 2 rings (SSSR count). The number of rotatable bonds is 6. The summed E-state index contributed by atoms with van der Waals surface area (Å²) in [6.45, 7) is 7.55. The SMILES string of the molecule is CCc1nnc(CN[C@H](C)Cn2cc(C)cn2)o1. The summed E-state index contributed by atoms with van der Waals surface area (Å²) >= 11 is 0. The van der Waals surface area contributed by atoms with E-state index in [1.165, 1.54) is 5.56 Å². The molecule has 1 atom stereocenters. The molecule has 6 heteroatoms. The second-order valence-corrected chi connectivity index (χ2v) is 4.46. The van der Waals surface area contributed by atoms with E-state index in [1.54, 1.807) is 0 Å². The minimum Gasteiger partial charge on any atom is -0.424 e. The molecule has 0 saturated carbocycles. The van der Waals surface area contributed by atoms with Gasteiger partial charge in [0.25, 0.3) is 0 Å². The third-order valence-corrected chi connectivity index (χ3v) is 2.64. The van der Waals surface area contributed by atoms with Crippen molar-refractivity contribution in [2.75, 3.05) is 0 Å². The number of nitrogens with zero attached hydrogens (tertiary/aromatic N) is 4. The van der Waals surface area contributed by atoms with Crippen LogP contribution in [0.2, 0.25) is 0 Å². The Morgan fingerprint density at radius 3 is 2.78 bits per heavy atom. The number of hydrogen-bond donors (Lipinski definition) is 1. The van der Waals surface area contributed by atoms with E-state index in [2.05, 4.69) is 27.5 Å². The minimum absolute atomic E-state index is 0.293. The van der Waals surface area contributed by atoms with Gasteiger partial charge in [0.1, 0.15) is 0 Å². The van der Waals surface area contributed by atoms with E-state index in [9.17, 15) is 0 Å². The highest BCUT2D eigenvalue weighted by atomic mass is 16.4. The van der Waals surface area contributed by atoms with E-state index in [-0.39, 0.29) is 0 Å². The Labute approximate surface area is 106 Å². The summed E-state index contributed by atoms with van der Waals surface area (Å²) in [7, 11) is 0. The topological polar surface area (TPSA) is 68.8 Å². The second-order valence-electron chi connectivity index (χ2n) is 4.46. The average Bonchev–Trinajstić information content (AvgIpc) is 2.95. The van der Waals surface area contributed by atoms with Crippen LogP contribution in [0.25, 0.3) is 0 Å². The highest BCUT2D eigenvalue weighted by Gasteiger charge is 2.07. The van der Waals surface area contributed by atoms with Gasteiger partial charge in [0.05, 0.1) is 19.3 Å². The molecule has 0 spiro atoms. The van der Waals surface area contributed by atoms with Crippen molar-refractivity contribution in [1.82, 2.24) is 25.3 Å². The molecule has 0 aliphatic rings. The van der Waals surface area contributed by atoms with Gasteiger partial charge in [-0.2, -0.15) is 5.10 Å². The van der Waals surface area contributed by atoms with E-state index < -0.39 is 0 Å². The Morgan fingerprint density at radius 2 is 2.17 bits per heavy atom. The number of aromatic nitrogens is 4. The second kappa shape index (κ2) is 5.77. The summed E-state index contributed by atoms with van der Waals surface area (Å²) < 4.78 is 7.36. The lowest BCUT2D eigenvalue weighted by Crippen LogP contribution is -2.30. The summed E-state index contributed by atoms with van der Waals surface area (Å²) in [5.74, 6) is 1.32. The molecule has 0 amide bonds. The van der Waals surface area contributed by atoms with Crippen LogP contribution in [0, 0.1) is 6.92 Å². The molecular weight excluding hydrogens is 230 g/mol. The van der Waals surface area contributed by atoms with E-state index >= 15 is 0 Å². The smallest absolute Gasteiger partial charge is 0.230 e. The van der Waals surface area contributed by atoms with Crippen LogP contribution in [0.1, 0.15) is 31.2 Å². The molecule has 0 aliphatic heterocycles. The summed E-state index contributed by atoms with van der Waals surface area (Å²) in [6, 6.07) is 0.293. The zero-order chi connectivity index (χ0) is 13.0. The third kappa shape index (κ3) is 3.40. The Kier molecular flexibility index (Phi) is 4.09. The molecule has 0 radical (unpaired) electrons. The van der Waals surface area contributed by atoms with Crippen molar-refractivity contribution in [1.29, 1.82) is 0 Å². The fourth-order valence-corrected chi connectivity index (χ4v) is 1.68. The van der Waals surface area contributed by atoms with Crippen LogP contribution in [-0.2, 0) is 19.5 Å². The van der Waals surface area contributed by atoms with Gasteiger partial charge >= 0.3 is 0 Å². The van der Waals surface area contributed by atoms with Crippen molar-refractivity contribution >= 4 is 0 Å². The van der Waals surface area contributed by atoms with Gasteiger partial charge in [0, 0.05) is 18.7 Å². The summed E-state index contributed by atoms with van der Waals surface area (Å²) in [5.41, 5.74) is 1.17. The Hall–Kier alpha value is -1.69. The first kappa shape index (κ1) is 12.8. The molecule has 0 unspecified atom stereocenters. The van der Waals surface area contributed by atoms with Gasteiger partial charge in [-0.25, -0.2) is 0 Å². The molecule has 2 aromatic heterocycles. The van der Waals surface area contributed by atoms with Crippen LogP contribution >= 0.6 is 0 Å². The molecule has 18 heavy (non-hydrogen) atoms. The zero-order valence-corrected chi connectivity index (χ0v) is 11.1. The zero-order valence-electron chi connectivity index (χ0n) is 11.1. The standard InChI is InChI=1S/C12H19N5O/c1-4-11-15-16-12(18-11)6-13-10(3)8-17-7-9(2)5-14-17/h5,7,10,13H,4,6,8H2,1-3H3/t10-/m1/s1. The van der Waals surface area contributed by atoms with Crippen LogP contribution in [-0.4, -0.2) is 26.0 Å². The third-order valence-electron chi connectivity index (χ3n) is 2.64. The molecule has 1 N–H and O–H groups in total. The Bertz CT molecular complexity index is 490. The van der Waals surface area contributed by atoms with Crippen molar-refractivity contribution in [3.05, 3.63) is 29.7 Å². The normalized spacial score (nSPS) is 12.8. The fraction of sp³-hybridized carbons (Fsp3) is 0.583. The summed E-state index contributed by atoms with van der Waals surface area (Å²) in [4.78, 5) is 0. The fourth-order valence-electron chi connectivity index (χ4n) is 1.68. The molecule has 0 bridgehead atoms. The van der Waals surface area contributed by atoms with Crippen molar-refractivity contribution in [2.24, 2.45) is 0 Å². The molecule has 0 aromatic carbocycles. The number of nitrogens with one attached hydrogen (secondary N) is 1. The molecule has 2 heterocycles. The monoisotopic (exact) mass is 249 g/mol. The van der Waals surface area contributed by atoms with Gasteiger partial charge in [0.15, 0.2) is 0 Å². The molecule has 98 valence electrons. The minimum atomic E-state index is 0.293. The first-order valence-electron chi connectivity index (χ1n) is 6.21. The molecule has 2 aromatic rings. The highest BCUT2D eigenvalue weighted by Crippen LogP contribution is 2.01. The summed E-state index contributed by atoms with van der Waals surface area (Å²) in [5, 5.41) is 15.5. The van der Waals surface area contributed by atoms with Crippen molar-refractivity contribution in [2.45, 2.75) is 46.3 Å². The highest BCUT2D eigenvalue weighted by molar-refractivity contribution is 4.99. The molecule has 0 fully saturated rings. The van der Waals surface area contributed by atoms with Crippen molar-refractivity contribution in [3.63, 3.8) is 0 Å². The van der Waals surface area contributed by atoms with Gasteiger partial charge in [-0.15, -0.1) is 10.2 Å². The number of hydrogen-bond acceptors (Lipinski definition) is 5. The van der Waals surface area contributed by atoms with Crippen LogP contribution < -0.4 is 5.32 Å². The predicted molar refractivity (Wildman–Crippen MR) is 66.9 cm³/mol. The van der Waals surface area contributed by atoms with E-state index in [0.29, 0.717) is 24.4 Å². The van der Waals surface area contributed by atoms with Gasteiger partial charge < -0.3 is 9.73 Å². The van der Waals surface area contributed by atoms with Gasteiger partial charge in [-0.05, 0) is 19.4 Å². The van der Waals surface area contributed by atoms with Gasteiger partial charge in [0.2, 0.25) is 11.8 Å². The lowest BCUT2D eigenvalue weighted by atomic mass is 10.3. The largest absolute Gasteiger partial charge is 0.424 e. The quantitative estimate of drug-likeness (QED) is 0.836. The average molecular weight is 249 g/mol. The lowest BCUT2D eigenvalue weighted by Gasteiger charge is -2.12. The van der Waals surface area contributed by atoms with Crippen molar-refractivity contribution in [3.8, 4) is 0 Å². The van der Waals surface area contributed by atoms with E-state index in [0.717, 1.165) is 13.0 Å². The molecule has 6 nitrogen and oxygen atoms in total. The van der Waals surface area contributed by atoms with Crippen LogP contribution in [0.15, 0.2) is 16.8 Å². The van der Waals surface area contributed by atoms with Crippen LogP contribution in [0.4, 0.5) is 0 Å². The Morgan fingerprint density at radius 1 is 1.39 bits per heavy atom.